The fraction of sp³-hybridized carbons (Fsp3) is 0.231. The molecule has 0 aliphatic heterocycles. The summed E-state index contributed by atoms with van der Waals surface area (Å²) in [4.78, 5) is 0. The molecule has 4 nitrogen and oxygen atoms in total. The van der Waals surface area contributed by atoms with Crippen LogP contribution in [0, 0.1) is 0 Å². The van der Waals surface area contributed by atoms with Gasteiger partial charge in [-0.05, 0) is 36.2 Å². The molecule has 0 saturated carbocycles. The number of nitrogen functional groups attached to an aromatic ring is 1. The molecule has 0 amide bonds. The largest absolute Gasteiger partial charge is 0.464 e. The lowest BCUT2D eigenvalue weighted by Gasteiger charge is -2.12. The van der Waals surface area contributed by atoms with E-state index in [9.17, 15) is 0 Å². The van der Waals surface area contributed by atoms with E-state index < -0.39 is 0 Å². The first kappa shape index (κ1) is 11.5. The van der Waals surface area contributed by atoms with Crippen LogP contribution in [0.2, 0.25) is 0 Å². The van der Waals surface area contributed by atoms with Gasteiger partial charge in [0.2, 0.25) is 0 Å². The van der Waals surface area contributed by atoms with Gasteiger partial charge in [-0.25, -0.2) is 0 Å². The van der Waals surface area contributed by atoms with Crippen molar-refractivity contribution in [2.45, 2.75) is 6.42 Å². The van der Waals surface area contributed by atoms with Crippen molar-refractivity contribution in [3.05, 3.63) is 36.1 Å². The smallest absolute Gasteiger partial charge is 0.136 e. The van der Waals surface area contributed by atoms with Crippen molar-refractivity contribution in [2.75, 3.05) is 24.7 Å². The maximum absolute atomic E-state index is 9.00. The lowest BCUT2D eigenvalue weighted by molar-refractivity contribution is 0.299. The minimum Gasteiger partial charge on any atom is -0.464 e. The zero-order valence-electron chi connectivity index (χ0n) is 9.73. The van der Waals surface area contributed by atoms with Gasteiger partial charge in [0, 0.05) is 19.2 Å². The first-order chi connectivity index (χ1) is 8.26. The average molecular weight is 232 g/mol. The maximum Gasteiger partial charge on any atom is 0.136 e. The molecule has 2 aromatic rings. The molecule has 1 aromatic carbocycles. The average Bonchev–Trinajstić information content (AvgIpc) is 2.85. The predicted molar refractivity (Wildman–Crippen MR) is 68.9 cm³/mol. The van der Waals surface area contributed by atoms with Crippen LogP contribution in [-0.2, 0) is 6.42 Å². The molecule has 0 atom stereocenters. The van der Waals surface area contributed by atoms with Crippen LogP contribution in [0.3, 0.4) is 0 Å². The molecule has 0 fully saturated rings. The number of hydrogen-bond donors (Lipinski definition) is 3. The molecule has 0 unspecified atom stereocenters. The van der Waals surface area contributed by atoms with Crippen LogP contribution in [0.5, 0.6) is 0 Å². The molecule has 0 saturated heterocycles. The molecule has 4 N–H and O–H groups in total. The molecular weight excluding hydrogens is 216 g/mol. The number of benzene rings is 1. The Morgan fingerprint density at radius 1 is 1.41 bits per heavy atom. The highest BCUT2D eigenvalue weighted by Gasteiger charge is 2.11. The first-order valence-corrected chi connectivity index (χ1v) is 5.51. The van der Waals surface area contributed by atoms with Crippen LogP contribution in [0.1, 0.15) is 5.56 Å². The summed E-state index contributed by atoms with van der Waals surface area (Å²) in [6.45, 7) is 0.116. The van der Waals surface area contributed by atoms with Crippen molar-refractivity contribution < 1.29 is 9.52 Å². The summed E-state index contributed by atoms with van der Waals surface area (Å²) < 4.78 is 5.36. The van der Waals surface area contributed by atoms with Gasteiger partial charge in [0.25, 0.3) is 0 Å². The van der Waals surface area contributed by atoms with Crippen molar-refractivity contribution in [3.63, 3.8) is 0 Å². The molecule has 0 aliphatic rings. The quantitative estimate of drug-likeness (QED) is 0.706. The van der Waals surface area contributed by atoms with Crippen LogP contribution in [0.15, 0.2) is 34.9 Å². The second-order valence-electron chi connectivity index (χ2n) is 3.81. The monoisotopic (exact) mass is 232 g/mol. The van der Waals surface area contributed by atoms with E-state index in [1.54, 1.807) is 6.26 Å². The fourth-order valence-electron chi connectivity index (χ4n) is 1.83. The standard InChI is InChI=1S/C13H16N2O2/c1-15-11-8-9(4-5-16)7-10(13(11)14)12-3-2-6-17-12/h2-3,6-8,15-16H,4-5,14H2,1H3. The van der Waals surface area contributed by atoms with Crippen molar-refractivity contribution >= 4 is 11.4 Å². The Kier molecular flexibility index (Phi) is 3.35. The van der Waals surface area contributed by atoms with Crippen LogP contribution >= 0.6 is 0 Å². The number of aliphatic hydroxyl groups is 1. The van der Waals surface area contributed by atoms with Gasteiger partial charge in [0.15, 0.2) is 0 Å². The fourth-order valence-corrected chi connectivity index (χ4v) is 1.83. The van der Waals surface area contributed by atoms with Gasteiger partial charge in [-0.1, -0.05) is 0 Å². The zero-order chi connectivity index (χ0) is 12.3. The van der Waals surface area contributed by atoms with Crippen molar-refractivity contribution in [1.82, 2.24) is 0 Å². The first-order valence-electron chi connectivity index (χ1n) is 5.51. The summed E-state index contributed by atoms with van der Waals surface area (Å²) in [6, 6.07) is 7.59. The third-order valence-electron chi connectivity index (χ3n) is 2.70. The SMILES string of the molecule is CNc1cc(CCO)cc(-c2ccco2)c1N. The third kappa shape index (κ3) is 2.26. The van der Waals surface area contributed by atoms with Gasteiger partial charge in [0.05, 0.1) is 17.6 Å². The van der Waals surface area contributed by atoms with Crippen molar-refractivity contribution in [2.24, 2.45) is 0 Å². The Labute approximate surface area is 100 Å². The van der Waals surface area contributed by atoms with Gasteiger partial charge in [-0.15, -0.1) is 0 Å². The zero-order valence-corrected chi connectivity index (χ0v) is 9.73. The van der Waals surface area contributed by atoms with Gasteiger partial charge < -0.3 is 20.6 Å². The third-order valence-corrected chi connectivity index (χ3v) is 2.70. The normalized spacial score (nSPS) is 10.5. The molecule has 2 rings (SSSR count). The number of aliphatic hydroxyl groups excluding tert-OH is 1. The highest BCUT2D eigenvalue weighted by atomic mass is 16.3. The van der Waals surface area contributed by atoms with Gasteiger partial charge >= 0.3 is 0 Å². The van der Waals surface area contributed by atoms with Gasteiger partial charge in [0.1, 0.15) is 5.76 Å². The van der Waals surface area contributed by atoms with Gasteiger partial charge in [-0.2, -0.15) is 0 Å². The maximum atomic E-state index is 9.00. The molecule has 0 radical (unpaired) electrons. The van der Waals surface area contributed by atoms with E-state index in [1.807, 2.05) is 31.3 Å². The Hall–Kier alpha value is -1.94. The van der Waals surface area contributed by atoms with E-state index in [1.165, 1.54) is 0 Å². The molecule has 90 valence electrons. The van der Waals surface area contributed by atoms with E-state index in [0.717, 1.165) is 22.6 Å². The second kappa shape index (κ2) is 4.93. The summed E-state index contributed by atoms with van der Waals surface area (Å²) in [7, 11) is 1.82. The van der Waals surface area contributed by atoms with Crippen LogP contribution < -0.4 is 11.1 Å². The van der Waals surface area contributed by atoms with E-state index in [4.69, 9.17) is 15.3 Å². The number of hydrogen-bond acceptors (Lipinski definition) is 4. The summed E-state index contributed by atoms with van der Waals surface area (Å²) in [5.41, 5.74) is 9.45. The van der Waals surface area contributed by atoms with E-state index in [-0.39, 0.29) is 6.61 Å². The summed E-state index contributed by atoms with van der Waals surface area (Å²) in [6.07, 6.45) is 2.22. The molecule has 1 aromatic heterocycles. The van der Waals surface area contributed by atoms with E-state index >= 15 is 0 Å². The van der Waals surface area contributed by atoms with E-state index in [2.05, 4.69) is 5.32 Å². The highest BCUT2D eigenvalue weighted by molar-refractivity contribution is 5.84. The Bertz CT molecular complexity index is 492. The second-order valence-corrected chi connectivity index (χ2v) is 3.81. The summed E-state index contributed by atoms with van der Waals surface area (Å²) in [5, 5.41) is 12.0. The molecule has 4 heteroatoms. The molecule has 0 bridgehead atoms. The number of nitrogens with one attached hydrogen (secondary N) is 1. The van der Waals surface area contributed by atoms with Crippen molar-refractivity contribution in [3.8, 4) is 11.3 Å². The van der Waals surface area contributed by atoms with Crippen LogP contribution in [0.4, 0.5) is 11.4 Å². The highest BCUT2D eigenvalue weighted by Crippen LogP contribution is 2.33. The topological polar surface area (TPSA) is 71.4 Å². The Balaban J connectivity index is 2.53. The summed E-state index contributed by atoms with van der Waals surface area (Å²) in [5.74, 6) is 0.735. The lowest BCUT2D eigenvalue weighted by atomic mass is 10.0. The molecule has 1 heterocycles. The van der Waals surface area contributed by atoms with Gasteiger partial charge in [-0.3, -0.25) is 0 Å². The minimum absolute atomic E-state index is 0.116. The van der Waals surface area contributed by atoms with Crippen LogP contribution in [-0.4, -0.2) is 18.8 Å². The number of rotatable bonds is 4. The van der Waals surface area contributed by atoms with E-state index in [0.29, 0.717) is 12.1 Å². The number of nitrogens with two attached hydrogens (primary N) is 1. The minimum atomic E-state index is 0.116. The molecule has 0 spiro atoms. The molecular formula is C13H16N2O2. The predicted octanol–water partition coefficient (Wildman–Crippen LogP) is 2.11. The number of anilines is 2. The molecule has 17 heavy (non-hydrogen) atoms. The molecule has 0 aliphatic carbocycles. The Morgan fingerprint density at radius 3 is 2.82 bits per heavy atom. The lowest BCUT2D eigenvalue weighted by Crippen LogP contribution is -2.01. The summed E-state index contributed by atoms with van der Waals surface area (Å²) >= 11 is 0. The van der Waals surface area contributed by atoms with Crippen molar-refractivity contribution in [1.29, 1.82) is 0 Å². The number of furan rings is 1. The van der Waals surface area contributed by atoms with Crippen LogP contribution in [0.25, 0.3) is 11.3 Å². The Morgan fingerprint density at radius 2 is 2.24 bits per heavy atom.